The van der Waals surface area contributed by atoms with Crippen molar-refractivity contribution in [2.75, 3.05) is 28.6 Å². The predicted octanol–water partition coefficient (Wildman–Crippen LogP) is 5.52. The summed E-state index contributed by atoms with van der Waals surface area (Å²) in [5.74, 6) is 1.35. The van der Waals surface area contributed by atoms with Crippen LogP contribution in [0.25, 0.3) is 0 Å². The maximum Gasteiger partial charge on any atom is 0.229 e. The largest absolute Gasteiger partial charge is 0.372 e. The molecule has 0 radical (unpaired) electrons. The van der Waals surface area contributed by atoms with Crippen molar-refractivity contribution in [2.45, 2.75) is 32.6 Å². The number of anilines is 5. The first-order valence-corrected chi connectivity index (χ1v) is 10.1. The Morgan fingerprint density at radius 3 is 2.21 bits per heavy atom. The van der Waals surface area contributed by atoms with E-state index in [1.54, 1.807) is 6.20 Å². The SMILES string of the molecule is CCc1ccc(Nc2nccc(Nc3ccc(N4CCCCC4)cc3)n2)cc1. The van der Waals surface area contributed by atoms with Crippen LogP contribution in [0.5, 0.6) is 0 Å². The molecule has 3 aromatic rings. The molecule has 1 aromatic heterocycles. The van der Waals surface area contributed by atoms with Crippen molar-refractivity contribution in [3.63, 3.8) is 0 Å². The van der Waals surface area contributed by atoms with Crippen molar-refractivity contribution in [2.24, 2.45) is 0 Å². The highest BCUT2D eigenvalue weighted by molar-refractivity contribution is 5.62. The Bertz CT molecular complexity index is 884. The van der Waals surface area contributed by atoms with Crippen molar-refractivity contribution in [3.8, 4) is 0 Å². The number of aromatic nitrogens is 2. The fraction of sp³-hybridized carbons (Fsp3) is 0.304. The summed E-state index contributed by atoms with van der Waals surface area (Å²) in [6.45, 7) is 4.47. The summed E-state index contributed by atoms with van der Waals surface area (Å²) in [6, 6.07) is 18.8. The second-order valence-electron chi connectivity index (χ2n) is 7.16. The van der Waals surface area contributed by atoms with Crippen molar-refractivity contribution in [1.82, 2.24) is 9.97 Å². The minimum atomic E-state index is 0.583. The minimum absolute atomic E-state index is 0.583. The first kappa shape index (κ1) is 18.3. The average Bonchev–Trinajstić information content (AvgIpc) is 2.76. The van der Waals surface area contributed by atoms with Crippen LogP contribution in [0.1, 0.15) is 31.7 Å². The maximum absolute atomic E-state index is 4.57. The van der Waals surface area contributed by atoms with Gasteiger partial charge in [0.25, 0.3) is 0 Å². The highest BCUT2D eigenvalue weighted by atomic mass is 15.1. The third-order valence-corrected chi connectivity index (χ3v) is 5.13. The summed E-state index contributed by atoms with van der Waals surface area (Å²) < 4.78 is 0. The molecule has 1 aliphatic heterocycles. The number of nitrogens with zero attached hydrogens (tertiary/aromatic N) is 3. The lowest BCUT2D eigenvalue weighted by molar-refractivity contribution is 0.578. The third kappa shape index (κ3) is 4.60. The van der Waals surface area contributed by atoms with E-state index in [4.69, 9.17) is 0 Å². The van der Waals surface area contributed by atoms with Gasteiger partial charge in [0.15, 0.2) is 0 Å². The summed E-state index contributed by atoms with van der Waals surface area (Å²) in [4.78, 5) is 11.4. The molecule has 28 heavy (non-hydrogen) atoms. The molecule has 4 rings (SSSR count). The van der Waals surface area contributed by atoms with Gasteiger partial charge in [0.2, 0.25) is 5.95 Å². The quantitative estimate of drug-likeness (QED) is 0.596. The van der Waals surface area contributed by atoms with Crippen LogP contribution in [0.3, 0.4) is 0 Å². The van der Waals surface area contributed by atoms with Crippen LogP contribution in [0.2, 0.25) is 0 Å². The van der Waals surface area contributed by atoms with E-state index in [0.717, 1.165) is 36.7 Å². The smallest absolute Gasteiger partial charge is 0.229 e. The Hall–Kier alpha value is -3.08. The van der Waals surface area contributed by atoms with Gasteiger partial charge in [-0.25, -0.2) is 4.98 Å². The van der Waals surface area contributed by atoms with Gasteiger partial charge in [-0.15, -0.1) is 0 Å². The van der Waals surface area contributed by atoms with Crippen molar-refractivity contribution < 1.29 is 0 Å². The number of rotatable bonds is 6. The van der Waals surface area contributed by atoms with E-state index >= 15 is 0 Å². The number of aryl methyl sites for hydroxylation is 1. The Morgan fingerprint density at radius 1 is 0.821 bits per heavy atom. The van der Waals surface area contributed by atoms with Crippen LogP contribution in [-0.4, -0.2) is 23.1 Å². The first-order chi connectivity index (χ1) is 13.8. The number of hydrogen-bond donors (Lipinski definition) is 2. The highest BCUT2D eigenvalue weighted by Crippen LogP contribution is 2.23. The summed E-state index contributed by atoms with van der Waals surface area (Å²) >= 11 is 0. The molecule has 1 fully saturated rings. The number of hydrogen-bond acceptors (Lipinski definition) is 5. The molecule has 5 nitrogen and oxygen atoms in total. The lowest BCUT2D eigenvalue weighted by Crippen LogP contribution is -2.29. The molecule has 1 aliphatic rings. The number of piperidine rings is 1. The molecule has 0 saturated carbocycles. The monoisotopic (exact) mass is 373 g/mol. The van der Waals surface area contributed by atoms with Crippen LogP contribution in [0, 0.1) is 0 Å². The molecule has 0 bridgehead atoms. The molecule has 0 amide bonds. The zero-order valence-electron chi connectivity index (χ0n) is 16.4. The molecular formula is C23H27N5. The minimum Gasteiger partial charge on any atom is -0.372 e. The fourth-order valence-corrected chi connectivity index (χ4v) is 3.50. The Morgan fingerprint density at radius 2 is 1.50 bits per heavy atom. The van der Waals surface area contributed by atoms with Gasteiger partial charge < -0.3 is 15.5 Å². The second kappa shape index (κ2) is 8.74. The molecule has 0 atom stereocenters. The van der Waals surface area contributed by atoms with E-state index in [0.29, 0.717) is 5.95 Å². The molecule has 2 aromatic carbocycles. The average molecular weight is 374 g/mol. The predicted molar refractivity (Wildman–Crippen MR) is 117 cm³/mol. The molecule has 1 saturated heterocycles. The third-order valence-electron chi connectivity index (χ3n) is 5.13. The van der Waals surface area contributed by atoms with Gasteiger partial charge in [-0.05, 0) is 73.7 Å². The fourth-order valence-electron chi connectivity index (χ4n) is 3.50. The normalized spacial score (nSPS) is 14.0. The summed E-state index contributed by atoms with van der Waals surface area (Å²) in [7, 11) is 0. The van der Waals surface area contributed by atoms with Crippen molar-refractivity contribution in [1.29, 1.82) is 0 Å². The van der Waals surface area contributed by atoms with Gasteiger partial charge in [-0.1, -0.05) is 19.1 Å². The van der Waals surface area contributed by atoms with E-state index < -0.39 is 0 Å². The zero-order chi connectivity index (χ0) is 19.2. The van der Waals surface area contributed by atoms with Crippen LogP contribution in [-0.2, 0) is 6.42 Å². The van der Waals surface area contributed by atoms with Gasteiger partial charge in [0.05, 0.1) is 0 Å². The van der Waals surface area contributed by atoms with Gasteiger partial charge in [0, 0.05) is 36.3 Å². The molecule has 144 valence electrons. The molecule has 2 heterocycles. The number of benzene rings is 2. The molecule has 0 aliphatic carbocycles. The second-order valence-corrected chi connectivity index (χ2v) is 7.16. The van der Waals surface area contributed by atoms with E-state index in [9.17, 15) is 0 Å². The standard InChI is InChI=1S/C23H27N5/c1-2-18-6-8-20(9-7-18)26-23-24-15-14-22(27-23)25-19-10-12-21(13-11-19)28-16-4-3-5-17-28/h6-15H,2-5,16-17H2,1H3,(H2,24,25,26,27). The van der Waals surface area contributed by atoms with Crippen LogP contribution in [0.4, 0.5) is 28.8 Å². The number of nitrogens with one attached hydrogen (secondary N) is 2. The molecular weight excluding hydrogens is 346 g/mol. The van der Waals surface area contributed by atoms with Crippen LogP contribution >= 0.6 is 0 Å². The molecule has 5 heteroatoms. The van der Waals surface area contributed by atoms with E-state index in [2.05, 4.69) is 81.0 Å². The Kier molecular flexibility index (Phi) is 5.71. The highest BCUT2D eigenvalue weighted by Gasteiger charge is 2.10. The summed E-state index contributed by atoms with van der Waals surface area (Å²) in [5.41, 5.74) is 4.62. The van der Waals surface area contributed by atoms with Crippen LogP contribution < -0.4 is 15.5 Å². The summed E-state index contributed by atoms with van der Waals surface area (Å²) in [5, 5.41) is 6.63. The van der Waals surface area contributed by atoms with Gasteiger partial charge in [0.1, 0.15) is 5.82 Å². The molecule has 2 N–H and O–H groups in total. The first-order valence-electron chi connectivity index (χ1n) is 10.1. The van der Waals surface area contributed by atoms with Gasteiger partial charge in [-0.3, -0.25) is 0 Å². The van der Waals surface area contributed by atoms with Gasteiger partial charge in [-0.2, -0.15) is 4.98 Å². The van der Waals surface area contributed by atoms with E-state index in [-0.39, 0.29) is 0 Å². The lowest BCUT2D eigenvalue weighted by Gasteiger charge is -2.28. The molecule has 0 spiro atoms. The van der Waals surface area contributed by atoms with E-state index in [1.165, 1.54) is 30.5 Å². The van der Waals surface area contributed by atoms with E-state index in [1.807, 2.05) is 6.07 Å². The van der Waals surface area contributed by atoms with Crippen LogP contribution in [0.15, 0.2) is 60.8 Å². The Labute approximate surface area is 166 Å². The Balaban J connectivity index is 1.41. The summed E-state index contributed by atoms with van der Waals surface area (Å²) in [6.07, 6.45) is 6.73. The maximum atomic E-state index is 4.57. The zero-order valence-corrected chi connectivity index (χ0v) is 16.4. The lowest BCUT2D eigenvalue weighted by atomic mass is 10.1. The topological polar surface area (TPSA) is 53.1 Å². The van der Waals surface area contributed by atoms with Gasteiger partial charge >= 0.3 is 0 Å². The molecule has 0 unspecified atom stereocenters. The van der Waals surface area contributed by atoms with Crippen molar-refractivity contribution in [3.05, 3.63) is 66.4 Å². The van der Waals surface area contributed by atoms with Crippen molar-refractivity contribution >= 4 is 28.8 Å².